The summed E-state index contributed by atoms with van der Waals surface area (Å²) >= 11 is 0. The summed E-state index contributed by atoms with van der Waals surface area (Å²) in [6.07, 6.45) is 1.72. The molecule has 0 atom stereocenters. The van der Waals surface area contributed by atoms with Gasteiger partial charge in [0, 0.05) is 32.3 Å². The molecule has 1 aromatic heterocycles. The van der Waals surface area contributed by atoms with Crippen molar-refractivity contribution in [2.45, 2.75) is 39.3 Å². The fraction of sp³-hybridized carbons (Fsp3) is 0.562. The molecule has 0 aliphatic heterocycles. The number of H-pyrrole nitrogens is 1. The van der Waals surface area contributed by atoms with Crippen LogP contribution in [0.15, 0.2) is 29.1 Å². The summed E-state index contributed by atoms with van der Waals surface area (Å²) in [4.78, 5) is 17.2. The van der Waals surface area contributed by atoms with Crippen LogP contribution in [0, 0.1) is 0 Å². The van der Waals surface area contributed by atoms with Crippen molar-refractivity contribution in [1.82, 2.24) is 14.5 Å². The number of fused-ring (bicyclic) bond motifs is 1. The van der Waals surface area contributed by atoms with Gasteiger partial charge in [-0.05, 0) is 38.8 Å². The van der Waals surface area contributed by atoms with Gasteiger partial charge in [0.1, 0.15) is 0 Å². The van der Waals surface area contributed by atoms with E-state index in [9.17, 15) is 4.79 Å². The molecule has 2 rings (SSSR count). The van der Waals surface area contributed by atoms with Crippen molar-refractivity contribution < 1.29 is 5.11 Å². The number of imidazole rings is 1. The monoisotopic (exact) mass is 291 g/mol. The van der Waals surface area contributed by atoms with Crippen molar-refractivity contribution in [2.75, 3.05) is 19.7 Å². The molecule has 0 saturated heterocycles. The van der Waals surface area contributed by atoms with E-state index in [0.717, 1.165) is 37.0 Å². The third-order valence-corrected chi connectivity index (χ3v) is 3.84. The fourth-order valence-electron chi connectivity index (χ4n) is 2.66. The second kappa shape index (κ2) is 7.43. The molecule has 1 aromatic carbocycles. The van der Waals surface area contributed by atoms with Crippen LogP contribution >= 0.6 is 0 Å². The number of aryl methyl sites for hydroxylation is 1. The number of aliphatic hydroxyl groups is 1. The smallest absolute Gasteiger partial charge is 0.326 e. The lowest BCUT2D eigenvalue weighted by Gasteiger charge is -2.26. The first-order chi connectivity index (χ1) is 10.1. The third-order valence-electron chi connectivity index (χ3n) is 3.84. The van der Waals surface area contributed by atoms with E-state index in [1.54, 1.807) is 4.57 Å². The number of hydrogen-bond donors (Lipinski definition) is 2. The first-order valence-electron chi connectivity index (χ1n) is 7.66. The quantitative estimate of drug-likeness (QED) is 0.780. The van der Waals surface area contributed by atoms with E-state index in [1.165, 1.54) is 0 Å². The Hall–Kier alpha value is -1.59. The van der Waals surface area contributed by atoms with E-state index in [4.69, 9.17) is 5.11 Å². The Morgan fingerprint density at radius 3 is 2.67 bits per heavy atom. The predicted molar refractivity (Wildman–Crippen MR) is 85.6 cm³/mol. The Kier molecular flexibility index (Phi) is 5.59. The fourth-order valence-corrected chi connectivity index (χ4v) is 2.66. The topological polar surface area (TPSA) is 61.3 Å². The molecule has 0 aliphatic carbocycles. The zero-order chi connectivity index (χ0) is 15.2. The van der Waals surface area contributed by atoms with Gasteiger partial charge in [-0.15, -0.1) is 0 Å². The lowest BCUT2D eigenvalue weighted by atomic mass is 10.2. The number of aromatic nitrogens is 2. The summed E-state index contributed by atoms with van der Waals surface area (Å²) in [5, 5.41) is 8.95. The van der Waals surface area contributed by atoms with Gasteiger partial charge in [-0.3, -0.25) is 4.57 Å². The molecular formula is C16H25N3O2. The van der Waals surface area contributed by atoms with Gasteiger partial charge in [-0.2, -0.15) is 0 Å². The standard InChI is InChI=1S/C16H25N3O2/c1-13(2)18(10-6-12-20)9-5-11-19-15-8-4-3-7-14(15)17-16(19)21/h3-4,7-8,13,20H,5-6,9-12H2,1-2H3,(H,17,21). The number of nitrogens with zero attached hydrogens (tertiary/aromatic N) is 2. The van der Waals surface area contributed by atoms with Gasteiger partial charge < -0.3 is 15.0 Å². The van der Waals surface area contributed by atoms with E-state index in [2.05, 4.69) is 23.7 Å². The average molecular weight is 291 g/mol. The zero-order valence-electron chi connectivity index (χ0n) is 12.9. The molecular weight excluding hydrogens is 266 g/mol. The van der Waals surface area contributed by atoms with Gasteiger partial charge in [0.2, 0.25) is 0 Å². The summed E-state index contributed by atoms with van der Waals surface area (Å²) in [5.74, 6) is 0. The molecule has 2 N–H and O–H groups in total. The number of rotatable bonds is 8. The van der Waals surface area contributed by atoms with Crippen LogP contribution in [0.2, 0.25) is 0 Å². The van der Waals surface area contributed by atoms with Crippen LogP contribution in [-0.4, -0.2) is 45.3 Å². The molecule has 21 heavy (non-hydrogen) atoms. The van der Waals surface area contributed by atoms with Gasteiger partial charge in [-0.25, -0.2) is 4.79 Å². The van der Waals surface area contributed by atoms with Gasteiger partial charge >= 0.3 is 5.69 Å². The highest BCUT2D eigenvalue weighted by atomic mass is 16.3. The lowest BCUT2D eigenvalue weighted by molar-refractivity contribution is 0.188. The van der Waals surface area contributed by atoms with Crippen molar-refractivity contribution in [3.05, 3.63) is 34.7 Å². The van der Waals surface area contributed by atoms with Crippen molar-refractivity contribution >= 4 is 11.0 Å². The van der Waals surface area contributed by atoms with Crippen LogP contribution in [0.5, 0.6) is 0 Å². The number of para-hydroxylation sites is 2. The maximum Gasteiger partial charge on any atom is 0.326 e. The lowest BCUT2D eigenvalue weighted by Crippen LogP contribution is -2.34. The largest absolute Gasteiger partial charge is 0.396 e. The number of benzene rings is 1. The van der Waals surface area contributed by atoms with Crippen LogP contribution < -0.4 is 5.69 Å². The van der Waals surface area contributed by atoms with Crippen molar-refractivity contribution in [1.29, 1.82) is 0 Å². The van der Waals surface area contributed by atoms with E-state index in [1.807, 2.05) is 24.3 Å². The summed E-state index contributed by atoms with van der Waals surface area (Å²) in [7, 11) is 0. The van der Waals surface area contributed by atoms with E-state index in [-0.39, 0.29) is 12.3 Å². The van der Waals surface area contributed by atoms with Crippen molar-refractivity contribution in [3.8, 4) is 0 Å². The average Bonchev–Trinajstić information content (AvgIpc) is 2.78. The SMILES string of the molecule is CC(C)N(CCCO)CCCn1c(=O)[nH]c2ccccc21. The second-order valence-electron chi connectivity index (χ2n) is 5.66. The molecule has 1 heterocycles. The van der Waals surface area contributed by atoms with Crippen LogP contribution in [0.3, 0.4) is 0 Å². The highest BCUT2D eigenvalue weighted by Gasteiger charge is 2.10. The molecule has 116 valence electrons. The summed E-state index contributed by atoms with van der Waals surface area (Å²) < 4.78 is 1.81. The van der Waals surface area contributed by atoms with Gasteiger partial charge in [0.15, 0.2) is 0 Å². The predicted octanol–water partition coefficient (Wildman–Crippen LogP) is 1.81. The van der Waals surface area contributed by atoms with Crippen LogP contribution in [0.25, 0.3) is 11.0 Å². The van der Waals surface area contributed by atoms with Crippen molar-refractivity contribution in [3.63, 3.8) is 0 Å². The van der Waals surface area contributed by atoms with Crippen LogP contribution in [0.1, 0.15) is 26.7 Å². The van der Waals surface area contributed by atoms with Crippen LogP contribution in [-0.2, 0) is 6.54 Å². The molecule has 2 aromatic rings. The normalized spacial score (nSPS) is 11.9. The Morgan fingerprint density at radius 2 is 1.95 bits per heavy atom. The number of hydrogen-bond acceptors (Lipinski definition) is 3. The summed E-state index contributed by atoms with van der Waals surface area (Å²) in [5.41, 5.74) is 1.82. The van der Waals surface area contributed by atoms with E-state index in [0.29, 0.717) is 12.6 Å². The molecule has 0 amide bonds. The molecule has 0 saturated carbocycles. The van der Waals surface area contributed by atoms with Crippen molar-refractivity contribution in [2.24, 2.45) is 0 Å². The Morgan fingerprint density at radius 1 is 1.24 bits per heavy atom. The van der Waals surface area contributed by atoms with Gasteiger partial charge in [0.25, 0.3) is 0 Å². The Balaban J connectivity index is 1.98. The minimum atomic E-state index is -0.0392. The zero-order valence-corrected chi connectivity index (χ0v) is 12.9. The molecule has 0 bridgehead atoms. The number of aliphatic hydroxyl groups excluding tert-OH is 1. The highest BCUT2D eigenvalue weighted by Crippen LogP contribution is 2.10. The van der Waals surface area contributed by atoms with Gasteiger partial charge in [-0.1, -0.05) is 12.1 Å². The van der Waals surface area contributed by atoms with Gasteiger partial charge in [0.05, 0.1) is 11.0 Å². The number of nitrogens with one attached hydrogen (secondary N) is 1. The molecule has 5 heteroatoms. The number of aromatic amines is 1. The maximum absolute atomic E-state index is 12.0. The minimum absolute atomic E-state index is 0.0392. The van der Waals surface area contributed by atoms with E-state index >= 15 is 0 Å². The summed E-state index contributed by atoms with van der Waals surface area (Å²) in [6, 6.07) is 8.23. The second-order valence-corrected chi connectivity index (χ2v) is 5.66. The first-order valence-corrected chi connectivity index (χ1v) is 7.66. The molecule has 5 nitrogen and oxygen atoms in total. The Labute approximate surface area is 125 Å². The minimum Gasteiger partial charge on any atom is -0.396 e. The van der Waals surface area contributed by atoms with E-state index < -0.39 is 0 Å². The summed E-state index contributed by atoms with van der Waals surface area (Å²) in [6.45, 7) is 7.10. The molecule has 0 spiro atoms. The third kappa shape index (κ3) is 3.95. The molecule has 0 unspecified atom stereocenters. The Bertz CT molecular complexity index is 615. The molecule has 0 radical (unpaired) electrons. The molecule has 0 fully saturated rings. The maximum atomic E-state index is 12.0. The molecule has 0 aliphatic rings. The highest BCUT2D eigenvalue weighted by molar-refractivity contribution is 5.74. The first kappa shape index (κ1) is 15.8. The van der Waals surface area contributed by atoms with Crippen LogP contribution in [0.4, 0.5) is 0 Å².